The Hall–Kier alpha value is -3.57. The van der Waals surface area contributed by atoms with E-state index in [1.54, 1.807) is 30.3 Å². The van der Waals surface area contributed by atoms with Gasteiger partial charge in [-0.05, 0) is 12.1 Å². The second kappa shape index (κ2) is 7.76. The molecule has 6 nitrogen and oxygen atoms in total. The number of halogens is 3. The molecule has 1 heterocycles. The summed E-state index contributed by atoms with van der Waals surface area (Å²) in [6.07, 6.45) is 1.01. The Morgan fingerprint density at radius 1 is 1.19 bits per heavy atom. The highest BCUT2D eigenvalue weighted by atomic mass is 35.5. The van der Waals surface area contributed by atoms with Crippen molar-refractivity contribution in [2.75, 3.05) is 5.43 Å². The van der Waals surface area contributed by atoms with Gasteiger partial charge in [-0.3, -0.25) is 9.78 Å². The predicted octanol–water partition coefficient (Wildman–Crippen LogP) is 3.69. The molecule has 0 aliphatic heterocycles. The number of hydrogen-bond donors (Lipinski definition) is 2. The minimum absolute atomic E-state index is 0.0658. The van der Waals surface area contributed by atoms with E-state index in [1.165, 1.54) is 12.1 Å². The van der Waals surface area contributed by atoms with Crippen molar-refractivity contribution >= 4 is 23.8 Å². The first-order valence-corrected chi connectivity index (χ1v) is 7.91. The van der Waals surface area contributed by atoms with Crippen LogP contribution in [0, 0.1) is 23.0 Å². The summed E-state index contributed by atoms with van der Waals surface area (Å²) < 4.78 is 27.2. The Morgan fingerprint density at radius 3 is 2.63 bits per heavy atom. The van der Waals surface area contributed by atoms with E-state index in [1.807, 2.05) is 6.07 Å². The molecule has 0 saturated carbocycles. The molecule has 0 aliphatic rings. The lowest BCUT2D eigenvalue weighted by atomic mass is 10.1. The van der Waals surface area contributed by atoms with Crippen molar-refractivity contribution < 1.29 is 8.78 Å². The highest BCUT2D eigenvalue weighted by Gasteiger charge is 2.13. The van der Waals surface area contributed by atoms with E-state index in [2.05, 4.69) is 20.5 Å². The lowest BCUT2D eigenvalue weighted by molar-refractivity contribution is 0.508. The van der Waals surface area contributed by atoms with Crippen LogP contribution < -0.4 is 11.0 Å². The molecule has 2 N–H and O–H groups in total. The van der Waals surface area contributed by atoms with Gasteiger partial charge in [0, 0.05) is 11.1 Å². The first-order chi connectivity index (χ1) is 13.0. The fraction of sp³-hybridized carbons (Fsp3) is 0. The number of aromatic amines is 1. The molecule has 0 atom stereocenters. The Bertz CT molecular complexity index is 1120. The van der Waals surface area contributed by atoms with Crippen LogP contribution in [0.5, 0.6) is 0 Å². The molecule has 134 valence electrons. The van der Waals surface area contributed by atoms with Gasteiger partial charge in [0.1, 0.15) is 11.6 Å². The van der Waals surface area contributed by atoms with E-state index in [-0.39, 0.29) is 27.8 Å². The first kappa shape index (κ1) is 18.2. The maximum absolute atomic E-state index is 13.7. The van der Waals surface area contributed by atoms with Crippen molar-refractivity contribution in [3.8, 4) is 17.3 Å². The molecule has 0 spiro atoms. The van der Waals surface area contributed by atoms with Crippen LogP contribution in [0.4, 0.5) is 14.7 Å². The summed E-state index contributed by atoms with van der Waals surface area (Å²) in [5, 5.41) is 12.6. The van der Waals surface area contributed by atoms with E-state index in [9.17, 15) is 18.8 Å². The summed E-state index contributed by atoms with van der Waals surface area (Å²) >= 11 is 5.49. The lowest BCUT2D eigenvalue weighted by Crippen LogP contribution is -2.16. The van der Waals surface area contributed by atoms with E-state index < -0.39 is 17.2 Å². The summed E-state index contributed by atoms with van der Waals surface area (Å²) in [7, 11) is 0. The van der Waals surface area contributed by atoms with Crippen molar-refractivity contribution in [3.05, 3.63) is 80.6 Å². The zero-order chi connectivity index (χ0) is 19.4. The van der Waals surface area contributed by atoms with Crippen LogP contribution in [0.2, 0.25) is 5.02 Å². The highest BCUT2D eigenvalue weighted by molar-refractivity contribution is 6.30. The smallest absolute Gasteiger partial charge is 0.270 e. The van der Waals surface area contributed by atoms with Gasteiger partial charge >= 0.3 is 0 Å². The maximum atomic E-state index is 13.7. The van der Waals surface area contributed by atoms with Gasteiger partial charge in [-0.1, -0.05) is 41.9 Å². The van der Waals surface area contributed by atoms with E-state index in [0.717, 1.165) is 6.21 Å². The third-order valence-corrected chi connectivity index (χ3v) is 3.81. The SMILES string of the molecule is N#Cc1c(-c2ccccc2)nc(NN=Cc2ccc(Cl)c(F)c2F)[nH]c1=O. The van der Waals surface area contributed by atoms with Gasteiger partial charge in [0.2, 0.25) is 5.95 Å². The van der Waals surface area contributed by atoms with Gasteiger partial charge < -0.3 is 0 Å². The first-order valence-electron chi connectivity index (χ1n) is 7.53. The maximum Gasteiger partial charge on any atom is 0.270 e. The van der Waals surface area contributed by atoms with Crippen LogP contribution in [0.1, 0.15) is 11.1 Å². The average molecular weight is 386 g/mol. The number of rotatable bonds is 4. The van der Waals surface area contributed by atoms with Crippen LogP contribution in [-0.2, 0) is 0 Å². The van der Waals surface area contributed by atoms with Crippen LogP contribution in [0.3, 0.4) is 0 Å². The summed E-state index contributed by atoms with van der Waals surface area (Å²) in [5.74, 6) is -2.40. The third kappa shape index (κ3) is 3.83. The monoisotopic (exact) mass is 385 g/mol. The van der Waals surface area contributed by atoms with Gasteiger partial charge in [0.05, 0.1) is 16.9 Å². The molecular formula is C18H10ClF2N5O. The Morgan fingerprint density at radius 2 is 1.93 bits per heavy atom. The number of anilines is 1. The molecule has 0 radical (unpaired) electrons. The zero-order valence-electron chi connectivity index (χ0n) is 13.5. The van der Waals surface area contributed by atoms with E-state index in [4.69, 9.17) is 11.6 Å². The molecule has 0 fully saturated rings. The van der Waals surface area contributed by atoms with Crippen molar-refractivity contribution in [3.63, 3.8) is 0 Å². The zero-order valence-corrected chi connectivity index (χ0v) is 14.3. The molecule has 9 heteroatoms. The summed E-state index contributed by atoms with van der Waals surface area (Å²) in [4.78, 5) is 18.6. The Balaban J connectivity index is 1.93. The standard InChI is InChI=1S/C18H10ClF2N5O/c19-13-7-6-11(14(20)15(13)21)9-23-26-18-24-16(10-4-2-1-3-5-10)12(8-22)17(27)25-18/h1-7,9H,(H2,24,25,26,27). The Kier molecular flexibility index (Phi) is 5.24. The molecule has 0 unspecified atom stereocenters. The number of hydrogen-bond acceptors (Lipinski definition) is 5. The summed E-state index contributed by atoms with van der Waals surface area (Å²) in [5.41, 5.74) is 2.21. The predicted molar refractivity (Wildman–Crippen MR) is 97.6 cm³/mol. The van der Waals surface area contributed by atoms with Crippen LogP contribution >= 0.6 is 11.6 Å². The largest absolute Gasteiger partial charge is 0.290 e. The van der Waals surface area contributed by atoms with Gasteiger partial charge in [-0.15, -0.1) is 0 Å². The van der Waals surface area contributed by atoms with Gasteiger partial charge in [-0.25, -0.2) is 19.2 Å². The molecule has 3 aromatic rings. The highest BCUT2D eigenvalue weighted by Crippen LogP contribution is 2.20. The molecule has 27 heavy (non-hydrogen) atoms. The van der Waals surface area contributed by atoms with Crippen molar-refractivity contribution in [2.24, 2.45) is 5.10 Å². The average Bonchev–Trinajstić information content (AvgIpc) is 2.68. The quantitative estimate of drug-likeness (QED) is 0.407. The number of aromatic nitrogens is 2. The number of hydrazone groups is 1. The van der Waals surface area contributed by atoms with Crippen molar-refractivity contribution in [1.29, 1.82) is 5.26 Å². The summed E-state index contributed by atoms with van der Waals surface area (Å²) in [6, 6.07) is 12.9. The molecular weight excluding hydrogens is 376 g/mol. The number of nitrogens with one attached hydrogen (secondary N) is 2. The fourth-order valence-electron chi connectivity index (χ4n) is 2.24. The van der Waals surface area contributed by atoms with Crippen LogP contribution in [0.15, 0.2) is 52.4 Å². The lowest BCUT2D eigenvalue weighted by Gasteiger charge is -2.06. The van der Waals surface area contributed by atoms with Gasteiger partial charge in [0.25, 0.3) is 5.56 Å². The fourth-order valence-corrected chi connectivity index (χ4v) is 2.38. The molecule has 0 saturated heterocycles. The van der Waals surface area contributed by atoms with Crippen molar-refractivity contribution in [1.82, 2.24) is 9.97 Å². The number of nitrogens with zero attached hydrogens (tertiary/aromatic N) is 3. The minimum atomic E-state index is -1.18. The number of benzene rings is 2. The van der Waals surface area contributed by atoms with Crippen LogP contribution in [-0.4, -0.2) is 16.2 Å². The van der Waals surface area contributed by atoms with Crippen molar-refractivity contribution in [2.45, 2.75) is 0 Å². The Labute approximate surface area is 156 Å². The topological polar surface area (TPSA) is 93.9 Å². The normalized spacial score (nSPS) is 10.7. The van der Waals surface area contributed by atoms with Gasteiger partial charge in [-0.2, -0.15) is 10.4 Å². The third-order valence-electron chi connectivity index (χ3n) is 3.52. The molecule has 0 aliphatic carbocycles. The molecule has 0 amide bonds. The molecule has 3 rings (SSSR count). The minimum Gasteiger partial charge on any atom is -0.290 e. The second-order valence-electron chi connectivity index (χ2n) is 5.25. The van der Waals surface area contributed by atoms with Gasteiger partial charge in [0.15, 0.2) is 11.6 Å². The molecule has 2 aromatic carbocycles. The number of nitriles is 1. The number of H-pyrrole nitrogens is 1. The molecule has 1 aromatic heterocycles. The van der Waals surface area contributed by atoms with E-state index in [0.29, 0.717) is 5.56 Å². The second-order valence-corrected chi connectivity index (χ2v) is 5.66. The van der Waals surface area contributed by atoms with Crippen LogP contribution in [0.25, 0.3) is 11.3 Å². The van der Waals surface area contributed by atoms with E-state index >= 15 is 0 Å². The molecule has 0 bridgehead atoms. The summed E-state index contributed by atoms with van der Waals surface area (Å²) in [6.45, 7) is 0.